The Hall–Kier alpha value is -3.83. The Morgan fingerprint density at radius 2 is 1.95 bits per heavy atom. The van der Waals surface area contributed by atoms with E-state index in [1.807, 2.05) is 0 Å². The lowest BCUT2D eigenvalue weighted by molar-refractivity contribution is -0.385. The van der Waals surface area contributed by atoms with Crippen molar-refractivity contribution in [1.82, 2.24) is 0 Å². The molecule has 0 spiro atoms. The van der Waals surface area contributed by atoms with Crippen molar-refractivity contribution in [3.8, 4) is 5.75 Å². The number of aliphatic hydroxyl groups is 2. The molecule has 0 aliphatic carbocycles. The molecule has 1 heterocycles. The fraction of sp³-hybridized carbons (Fsp3) is 0.444. The van der Waals surface area contributed by atoms with E-state index in [1.54, 1.807) is 44.2 Å². The van der Waals surface area contributed by atoms with Gasteiger partial charge in [0.1, 0.15) is 24.4 Å². The van der Waals surface area contributed by atoms with Gasteiger partial charge in [0.15, 0.2) is 0 Å². The zero-order chi connectivity index (χ0) is 27.9. The number of nitro groups is 1. The van der Waals surface area contributed by atoms with E-state index in [-0.39, 0.29) is 25.4 Å². The number of nitrogens with zero attached hydrogens (tertiary/aromatic N) is 2. The highest BCUT2D eigenvalue weighted by Crippen LogP contribution is 2.47. The molecule has 0 amide bonds. The SMILES string of the molecule is COC(=O)C1C(C)=NCC(C)(C(=O)OCCc2ccc(OCC(O)CO)cc2)C1c1cccc([N+](=O)[O-])c1. The van der Waals surface area contributed by atoms with Gasteiger partial charge in [0.2, 0.25) is 0 Å². The van der Waals surface area contributed by atoms with Gasteiger partial charge >= 0.3 is 11.9 Å². The van der Waals surface area contributed by atoms with Gasteiger partial charge in [0.25, 0.3) is 5.69 Å². The predicted molar refractivity (Wildman–Crippen MR) is 137 cm³/mol. The van der Waals surface area contributed by atoms with Crippen molar-refractivity contribution < 1.29 is 38.9 Å². The number of aliphatic hydroxyl groups excluding tert-OH is 2. The topological polar surface area (TPSA) is 158 Å². The first-order valence-electron chi connectivity index (χ1n) is 12.1. The fourth-order valence-electron chi connectivity index (χ4n) is 4.54. The van der Waals surface area contributed by atoms with Crippen molar-refractivity contribution in [3.63, 3.8) is 0 Å². The zero-order valence-corrected chi connectivity index (χ0v) is 21.5. The van der Waals surface area contributed by atoms with E-state index < -0.39 is 46.8 Å². The summed E-state index contributed by atoms with van der Waals surface area (Å²) in [6, 6.07) is 12.9. The van der Waals surface area contributed by atoms with Crippen molar-refractivity contribution in [3.05, 3.63) is 69.8 Å². The third kappa shape index (κ3) is 6.53. The summed E-state index contributed by atoms with van der Waals surface area (Å²) in [6.07, 6.45) is -0.557. The number of benzene rings is 2. The van der Waals surface area contributed by atoms with E-state index in [2.05, 4.69) is 4.99 Å². The van der Waals surface area contributed by atoms with Crippen LogP contribution in [0.5, 0.6) is 5.75 Å². The Morgan fingerprint density at radius 3 is 2.58 bits per heavy atom. The Morgan fingerprint density at radius 1 is 1.24 bits per heavy atom. The first-order valence-corrected chi connectivity index (χ1v) is 12.1. The molecule has 0 aromatic heterocycles. The van der Waals surface area contributed by atoms with Gasteiger partial charge in [0.05, 0.1) is 37.2 Å². The third-order valence-corrected chi connectivity index (χ3v) is 6.69. The van der Waals surface area contributed by atoms with Crippen LogP contribution in [0, 0.1) is 21.4 Å². The number of esters is 2. The molecule has 1 aliphatic heterocycles. The molecule has 0 fully saturated rings. The van der Waals surface area contributed by atoms with Crippen LogP contribution in [0.1, 0.15) is 30.9 Å². The minimum Gasteiger partial charge on any atom is -0.491 e. The van der Waals surface area contributed by atoms with Crippen molar-refractivity contribution in [2.45, 2.75) is 32.3 Å². The first kappa shape index (κ1) is 28.7. The largest absolute Gasteiger partial charge is 0.491 e. The minimum atomic E-state index is -1.28. The molecule has 11 heteroatoms. The molecule has 204 valence electrons. The number of ether oxygens (including phenoxy) is 3. The molecular weight excluding hydrogens is 496 g/mol. The Labute approximate surface area is 220 Å². The maximum atomic E-state index is 13.5. The van der Waals surface area contributed by atoms with Crippen LogP contribution in [0.4, 0.5) is 5.69 Å². The Bertz CT molecular complexity index is 1180. The van der Waals surface area contributed by atoms with Crippen LogP contribution < -0.4 is 4.74 Å². The molecule has 0 saturated carbocycles. The summed E-state index contributed by atoms with van der Waals surface area (Å²) in [5, 5.41) is 29.7. The Balaban J connectivity index is 1.77. The quantitative estimate of drug-likeness (QED) is 0.254. The van der Waals surface area contributed by atoms with Gasteiger partial charge in [0, 0.05) is 30.2 Å². The lowest BCUT2D eigenvalue weighted by Gasteiger charge is -2.41. The van der Waals surface area contributed by atoms with Gasteiger partial charge in [-0.3, -0.25) is 24.7 Å². The molecule has 2 N–H and O–H groups in total. The molecule has 4 atom stereocenters. The van der Waals surface area contributed by atoms with Crippen molar-refractivity contribution in [1.29, 1.82) is 0 Å². The zero-order valence-electron chi connectivity index (χ0n) is 21.5. The second-order valence-corrected chi connectivity index (χ2v) is 9.38. The smallest absolute Gasteiger partial charge is 0.315 e. The highest BCUT2D eigenvalue weighted by atomic mass is 16.6. The molecule has 38 heavy (non-hydrogen) atoms. The summed E-state index contributed by atoms with van der Waals surface area (Å²) in [4.78, 5) is 41.6. The highest BCUT2D eigenvalue weighted by molar-refractivity contribution is 6.03. The molecule has 2 aromatic carbocycles. The highest BCUT2D eigenvalue weighted by Gasteiger charge is 2.53. The van der Waals surface area contributed by atoms with Crippen LogP contribution >= 0.6 is 0 Å². The van der Waals surface area contributed by atoms with E-state index in [0.29, 0.717) is 23.4 Å². The number of nitro benzene ring substituents is 1. The number of methoxy groups -OCH3 is 1. The number of aliphatic imine (C=N–C) groups is 1. The van der Waals surface area contributed by atoms with Gasteiger partial charge in [-0.1, -0.05) is 24.3 Å². The number of carbonyl (C=O) groups excluding carboxylic acids is 2. The average molecular weight is 529 g/mol. The van der Waals surface area contributed by atoms with Gasteiger partial charge in [-0.25, -0.2) is 0 Å². The predicted octanol–water partition coefficient (Wildman–Crippen LogP) is 2.47. The van der Waals surface area contributed by atoms with Crippen LogP contribution in [0.15, 0.2) is 53.5 Å². The molecule has 11 nitrogen and oxygen atoms in total. The van der Waals surface area contributed by atoms with E-state index in [9.17, 15) is 24.8 Å². The van der Waals surface area contributed by atoms with Crippen LogP contribution in [0.25, 0.3) is 0 Å². The van der Waals surface area contributed by atoms with Gasteiger partial charge < -0.3 is 24.4 Å². The monoisotopic (exact) mass is 528 g/mol. The van der Waals surface area contributed by atoms with E-state index in [4.69, 9.17) is 19.3 Å². The molecule has 3 rings (SSSR count). The van der Waals surface area contributed by atoms with Crippen LogP contribution in [-0.2, 0) is 25.5 Å². The Kier molecular flexibility index (Phi) is 9.54. The molecule has 1 aliphatic rings. The summed E-state index contributed by atoms with van der Waals surface area (Å²) in [6.45, 7) is 3.00. The summed E-state index contributed by atoms with van der Waals surface area (Å²) in [5.41, 5.74) is 0.370. The molecular formula is C27H32N2O9. The van der Waals surface area contributed by atoms with E-state index >= 15 is 0 Å². The number of hydrogen-bond donors (Lipinski definition) is 2. The van der Waals surface area contributed by atoms with Crippen molar-refractivity contribution >= 4 is 23.3 Å². The van der Waals surface area contributed by atoms with Gasteiger partial charge in [-0.05, 0) is 37.1 Å². The molecule has 2 aromatic rings. The number of carbonyl (C=O) groups is 2. The standard InChI is InChI=1S/C27H32N2O9/c1-17-23(25(32)36-3)24(19-5-4-6-20(13-19)29(34)35)27(2,16-28-17)26(33)37-12-11-18-7-9-22(10-8-18)38-15-21(31)14-30/h4-10,13,21,23-24,30-31H,11-12,14-16H2,1-3H3. The second-order valence-electron chi connectivity index (χ2n) is 9.38. The molecule has 0 saturated heterocycles. The second kappa shape index (κ2) is 12.6. The molecule has 4 unspecified atom stereocenters. The summed E-state index contributed by atoms with van der Waals surface area (Å²) in [7, 11) is 1.25. The summed E-state index contributed by atoms with van der Waals surface area (Å²) < 4.78 is 16.0. The third-order valence-electron chi connectivity index (χ3n) is 6.69. The lowest BCUT2D eigenvalue weighted by Crippen LogP contribution is -2.49. The molecule has 0 radical (unpaired) electrons. The van der Waals surface area contributed by atoms with Crippen LogP contribution in [0.2, 0.25) is 0 Å². The fourth-order valence-corrected chi connectivity index (χ4v) is 4.54. The van der Waals surface area contributed by atoms with Crippen molar-refractivity contribution in [2.75, 3.05) is 33.5 Å². The first-order chi connectivity index (χ1) is 18.1. The maximum Gasteiger partial charge on any atom is 0.315 e. The van der Waals surface area contributed by atoms with Gasteiger partial charge in [-0.2, -0.15) is 0 Å². The average Bonchev–Trinajstić information content (AvgIpc) is 2.92. The van der Waals surface area contributed by atoms with Crippen LogP contribution in [-0.4, -0.2) is 72.4 Å². The number of non-ortho nitro benzene ring substituents is 1. The lowest BCUT2D eigenvalue weighted by atomic mass is 9.64. The van der Waals surface area contributed by atoms with Crippen LogP contribution in [0.3, 0.4) is 0 Å². The van der Waals surface area contributed by atoms with Crippen molar-refractivity contribution in [2.24, 2.45) is 16.3 Å². The number of rotatable bonds is 11. The van der Waals surface area contributed by atoms with E-state index in [1.165, 1.54) is 25.3 Å². The van der Waals surface area contributed by atoms with E-state index in [0.717, 1.165) is 5.56 Å². The summed E-state index contributed by atoms with van der Waals surface area (Å²) in [5.74, 6) is -2.34. The molecule has 0 bridgehead atoms. The number of hydrogen-bond acceptors (Lipinski definition) is 10. The maximum absolute atomic E-state index is 13.5. The van der Waals surface area contributed by atoms with Gasteiger partial charge in [-0.15, -0.1) is 0 Å². The normalized spacial score (nSPS) is 21.7. The summed E-state index contributed by atoms with van der Waals surface area (Å²) >= 11 is 0. The minimum absolute atomic E-state index is 0.0354.